The molecule has 138 valence electrons. The molecule has 0 saturated carbocycles. The number of amides is 1. The predicted octanol–water partition coefficient (Wildman–Crippen LogP) is 1.54. The number of hydrogen-bond acceptors (Lipinski definition) is 3. The lowest BCUT2D eigenvalue weighted by Crippen LogP contribution is -2.63. The van der Waals surface area contributed by atoms with Gasteiger partial charge in [0.25, 0.3) is 5.91 Å². The molecule has 1 amide bonds. The summed E-state index contributed by atoms with van der Waals surface area (Å²) in [5.74, 6) is 0.277. The van der Waals surface area contributed by atoms with Gasteiger partial charge in [0.1, 0.15) is 24.0 Å². The molecular weight excluding hydrogens is 328 g/mol. The molecule has 26 heavy (non-hydrogen) atoms. The van der Waals surface area contributed by atoms with Gasteiger partial charge in [-0.2, -0.15) is 0 Å². The molecule has 1 aliphatic heterocycles. The van der Waals surface area contributed by atoms with E-state index in [1.54, 1.807) is 6.07 Å². The molecule has 2 aliphatic carbocycles. The number of rotatable bonds is 4. The van der Waals surface area contributed by atoms with Crippen LogP contribution in [0.4, 0.5) is 0 Å². The minimum atomic E-state index is -0.703. The van der Waals surface area contributed by atoms with Crippen molar-refractivity contribution in [2.24, 2.45) is 11.7 Å². The minimum absolute atomic E-state index is 0.197. The third kappa shape index (κ3) is 2.07. The van der Waals surface area contributed by atoms with Crippen LogP contribution in [0.2, 0.25) is 0 Å². The Morgan fingerprint density at radius 1 is 1.46 bits per heavy atom. The predicted molar refractivity (Wildman–Crippen MR) is 100 cm³/mol. The smallest absolute Gasteiger partial charge is 0.252 e. The number of quaternary nitrogens is 1. The van der Waals surface area contributed by atoms with Gasteiger partial charge >= 0.3 is 0 Å². The van der Waals surface area contributed by atoms with Crippen molar-refractivity contribution in [3.8, 4) is 5.75 Å². The van der Waals surface area contributed by atoms with Gasteiger partial charge in [-0.1, -0.05) is 31.7 Å². The van der Waals surface area contributed by atoms with Gasteiger partial charge in [0, 0.05) is 23.3 Å². The number of aliphatic hydroxyl groups excluding tert-OH is 1. The van der Waals surface area contributed by atoms with Crippen LogP contribution in [0.1, 0.15) is 28.4 Å². The summed E-state index contributed by atoms with van der Waals surface area (Å²) in [6.45, 7) is 6.95. The molecule has 1 aromatic carbocycles. The fourth-order valence-electron chi connectivity index (χ4n) is 5.44. The molecular formula is C21H27N2O3+. The van der Waals surface area contributed by atoms with E-state index in [1.165, 1.54) is 5.56 Å². The molecule has 3 aliphatic rings. The molecule has 1 heterocycles. The van der Waals surface area contributed by atoms with Crippen molar-refractivity contribution < 1.29 is 19.1 Å². The normalized spacial score (nSPS) is 34.2. The van der Waals surface area contributed by atoms with Crippen LogP contribution in [-0.2, 0) is 11.8 Å². The number of carbonyl (C=O) groups excluding carboxylic acids is 1. The lowest BCUT2D eigenvalue weighted by molar-refractivity contribution is -0.913. The summed E-state index contributed by atoms with van der Waals surface area (Å²) < 4.78 is 7.01. The summed E-state index contributed by atoms with van der Waals surface area (Å²) in [4.78, 5) is 11.9. The summed E-state index contributed by atoms with van der Waals surface area (Å²) in [5, 5.41) is 10.6. The Kier molecular flexibility index (Phi) is 3.62. The summed E-state index contributed by atoms with van der Waals surface area (Å²) >= 11 is 0. The first-order valence-corrected chi connectivity index (χ1v) is 9.14. The molecule has 5 nitrogen and oxygen atoms in total. The van der Waals surface area contributed by atoms with Crippen molar-refractivity contribution in [1.29, 1.82) is 0 Å². The molecule has 4 rings (SSSR count). The molecule has 0 aromatic heterocycles. The highest BCUT2D eigenvalue weighted by atomic mass is 16.5. The van der Waals surface area contributed by atoms with Gasteiger partial charge in [-0.05, 0) is 17.7 Å². The van der Waals surface area contributed by atoms with Crippen LogP contribution in [0.25, 0.3) is 0 Å². The molecule has 3 N–H and O–H groups in total. The molecule has 5 heteroatoms. The van der Waals surface area contributed by atoms with Crippen molar-refractivity contribution >= 4 is 5.91 Å². The average molecular weight is 355 g/mol. The highest BCUT2D eigenvalue weighted by Gasteiger charge is 2.62. The number of nitrogens with zero attached hydrogens (tertiary/aromatic N) is 1. The minimum Gasteiger partial charge on any atom is -0.485 e. The number of ether oxygens (including phenoxy) is 1. The van der Waals surface area contributed by atoms with Crippen molar-refractivity contribution in [2.75, 3.05) is 20.6 Å². The van der Waals surface area contributed by atoms with E-state index < -0.39 is 18.1 Å². The van der Waals surface area contributed by atoms with Gasteiger partial charge < -0.3 is 20.1 Å². The summed E-state index contributed by atoms with van der Waals surface area (Å²) in [6.07, 6.45) is 5.73. The van der Waals surface area contributed by atoms with Gasteiger partial charge in [-0.15, -0.1) is 0 Å². The van der Waals surface area contributed by atoms with Crippen LogP contribution >= 0.6 is 0 Å². The van der Waals surface area contributed by atoms with E-state index in [0.717, 1.165) is 23.0 Å². The first-order valence-electron chi connectivity index (χ1n) is 9.14. The van der Waals surface area contributed by atoms with Gasteiger partial charge in [-0.25, -0.2) is 0 Å². The maximum Gasteiger partial charge on any atom is 0.252 e. The van der Waals surface area contributed by atoms with Crippen molar-refractivity contribution in [2.45, 2.75) is 37.0 Å². The van der Waals surface area contributed by atoms with Crippen LogP contribution in [0, 0.1) is 5.92 Å². The van der Waals surface area contributed by atoms with Crippen LogP contribution in [0.3, 0.4) is 0 Å². The van der Waals surface area contributed by atoms with E-state index in [9.17, 15) is 9.90 Å². The number of aliphatic hydroxyl groups is 1. The SMILES string of the molecule is C=CC[N+](C)(C)[C@@H]1Cc2ccc(C(N)=O)c3c2C2(C)[C@H]1C=C[C@H](O)[C@@H]2O3. The monoisotopic (exact) mass is 355 g/mol. The molecule has 0 saturated heterocycles. The number of likely N-dealkylation sites (N-methyl/N-ethyl adjacent to an activating group) is 1. The molecule has 1 unspecified atom stereocenters. The lowest BCUT2D eigenvalue weighted by Gasteiger charge is -2.52. The Hall–Kier alpha value is -2.11. The fraction of sp³-hybridized carbons (Fsp3) is 0.476. The van der Waals surface area contributed by atoms with E-state index in [-0.39, 0.29) is 11.3 Å². The zero-order chi connectivity index (χ0) is 18.9. The largest absolute Gasteiger partial charge is 0.485 e. The van der Waals surface area contributed by atoms with Gasteiger partial charge in [-0.3, -0.25) is 4.79 Å². The van der Waals surface area contributed by atoms with Crippen molar-refractivity contribution in [1.82, 2.24) is 0 Å². The second-order valence-electron chi connectivity index (χ2n) is 8.58. The second-order valence-corrected chi connectivity index (χ2v) is 8.58. The van der Waals surface area contributed by atoms with Crippen molar-refractivity contribution in [3.63, 3.8) is 0 Å². The van der Waals surface area contributed by atoms with Gasteiger partial charge in [0.2, 0.25) is 0 Å². The summed E-state index contributed by atoms with van der Waals surface area (Å²) in [7, 11) is 4.45. The second kappa shape index (κ2) is 5.44. The highest BCUT2D eigenvalue weighted by molar-refractivity contribution is 5.97. The summed E-state index contributed by atoms with van der Waals surface area (Å²) in [6, 6.07) is 4.10. The topological polar surface area (TPSA) is 72.6 Å². The maximum absolute atomic E-state index is 11.9. The number of nitrogens with two attached hydrogens (primary N) is 1. The molecule has 0 fully saturated rings. The van der Waals surface area contributed by atoms with E-state index in [0.29, 0.717) is 17.4 Å². The molecule has 1 aromatic rings. The number of benzene rings is 1. The Morgan fingerprint density at radius 3 is 2.85 bits per heavy atom. The third-order valence-electron chi connectivity index (χ3n) is 6.74. The summed E-state index contributed by atoms with van der Waals surface area (Å²) in [5.41, 5.74) is 7.85. The Morgan fingerprint density at radius 2 is 2.19 bits per heavy atom. The fourth-order valence-corrected chi connectivity index (χ4v) is 5.44. The van der Waals surface area contributed by atoms with Crippen LogP contribution < -0.4 is 10.5 Å². The molecule has 0 bridgehead atoms. The zero-order valence-corrected chi connectivity index (χ0v) is 15.6. The Labute approximate surface area is 154 Å². The third-order valence-corrected chi connectivity index (χ3v) is 6.74. The van der Waals surface area contributed by atoms with E-state index in [4.69, 9.17) is 10.5 Å². The quantitative estimate of drug-likeness (QED) is 0.636. The van der Waals surface area contributed by atoms with Crippen molar-refractivity contribution in [3.05, 3.63) is 53.6 Å². The van der Waals surface area contributed by atoms with Crippen LogP contribution in [0.5, 0.6) is 5.75 Å². The first-order chi connectivity index (χ1) is 12.2. The van der Waals surface area contributed by atoms with E-state index in [2.05, 4.69) is 33.7 Å². The Balaban J connectivity index is 1.95. The zero-order valence-electron chi connectivity index (χ0n) is 15.6. The van der Waals surface area contributed by atoms with Crippen LogP contribution in [0.15, 0.2) is 36.9 Å². The van der Waals surface area contributed by atoms with Gasteiger partial charge in [0.05, 0.1) is 26.2 Å². The lowest BCUT2D eigenvalue weighted by atomic mass is 9.57. The van der Waals surface area contributed by atoms with E-state index >= 15 is 0 Å². The van der Waals surface area contributed by atoms with E-state index in [1.807, 2.05) is 18.2 Å². The van der Waals surface area contributed by atoms with Crippen LogP contribution in [-0.4, -0.2) is 54.4 Å². The molecule has 0 radical (unpaired) electrons. The van der Waals surface area contributed by atoms with Gasteiger partial charge in [0.15, 0.2) is 0 Å². The standard InChI is InChI=1S/C21H26N2O3/c1-5-10-23(3,4)15-11-12-6-7-13(20(22)25)18-17(12)21(2)14(15)8-9-16(24)19(21)26-18/h5-9,14-16,19,24H,1,10-11H2,2-4H3,(H-,22,25)/p+1/t14-,15+,16-,19-,21?/m0/s1. The maximum atomic E-state index is 11.9. The number of carbonyl (C=O) groups is 1. The Bertz CT molecular complexity index is 829. The average Bonchev–Trinajstić information content (AvgIpc) is 2.88. The highest BCUT2D eigenvalue weighted by Crippen LogP contribution is 2.58. The number of primary amides is 1. The number of hydrogen-bond donors (Lipinski definition) is 2. The molecule has 0 spiro atoms. The first kappa shape index (κ1) is 17.3. The molecule has 5 atom stereocenters.